The van der Waals surface area contributed by atoms with Gasteiger partial charge in [-0.1, -0.05) is 6.92 Å². The Morgan fingerprint density at radius 2 is 1.81 bits per heavy atom. The van der Waals surface area contributed by atoms with Crippen LogP contribution in [0.15, 0.2) is 29.2 Å². The first-order chi connectivity index (χ1) is 20.2. The summed E-state index contributed by atoms with van der Waals surface area (Å²) in [6, 6.07) is 0.600. The number of carbonyl (C=O) groups is 3. The quantitative estimate of drug-likeness (QED) is 0.235. The van der Waals surface area contributed by atoms with Crippen molar-refractivity contribution < 1.29 is 40.4 Å². The van der Waals surface area contributed by atoms with Gasteiger partial charge in [-0.15, -0.1) is 0 Å². The molecule has 234 valence electrons. The Morgan fingerprint density at radius 3 is 2.40 bits per heavy atom. The lowest BCUT2D eigenvalue weighted by Crippen LogP contribution is -2.52. The number of benzene rings is 1. The van der Waals surface area contributed by atoms with E-state index in [0.29, 0.717) is 23.6 Å². The van der Waals surface area contributed by atoms with Crippen LogP contribution >= 0.6 is 0 Å². The average molecular weight is 628 g/mol. The van der Waals surface area contributed by atoms with Gasteiger partial charge in [0.2, 0.25) is 11.7 Å². The Kier molecular flexibility index (Phi) is 8.31. The Balaban J connectivity index is 1.48. The lowest BCUT2D eigenvalue weighted by molar-refractivity contribution is -0.140. The summed E-state index contributed by atoms with van der Waals surface area (Å²) in [5.74, 6) is -3.22. The Labute approximate surface area is 246 Å². The molecule has 43 heavy (non-hydrogen) atoms. The summed E-state index contributed by atoms with van der Waals surface area (Å²) in [4.78, 5) is 39.3. The molecule has 3 aliphatic rings. The van der Waals surface area contributed by atoms with E-state index in [-0.39, 0.29) is 31.1 Å². The highest BCUT2D eigenvalue weighted by Gasteiger charge is 2.48. The van der Waals surface area contributed by atoms with Crippen molar-refractivity contribution in [3.05, 3.63) is 41.3 Å². The minimum atomic E-state index is -5.14. The van der Waals surface area contributed by atoms with Gasteiger partial charge in [0.05, 0.1) is 33.5 Å². The molecule has 1 aliphatic heterocycles. The summed E-state index contributed by atoms with van der Waals surface area (Å²) in [6.45, 7) is 2.99. The molecule has 2 aromatic rings. The van der Waals surface area contributed by atoms with E-state index < -0.39 is 73.6 Å². The second kappa shape index (κ2) is 11.5. The topological polar surface area (TPSA) is 130 Å². The monoisotopic (exact) mass is 627 g/mol. The molecule has 10 nitrogen and oxygen atoms in total. The maximum absolute atomic E-state index is 13.8. The van der Waals surface area contributed by atoms with Crippen LogP contribution in [0, 0.1) is 12.7 Å². The van der Waals surface area contributed by atoms with Crippen LogP contribution in [0.1, 0.15) is 69.2 Å². The van der Waals surface area contributed by atoms with Gasteiger partial charge in [-0.25, -0.2) is 17.5 Å². The number of halogens is 4. The zero-order valence-corrected chi connectivity index (χ0v) is 24.5. The van der Waals surface area contributed by atoms with Gasteiger partial charge in [-0.3, -0.25) is 14.4 Å². The van der Waals surface area contributed by atoms with Gasteiger partial charge in [0.15, 0.2) is 9.84 Å². The summed E-state index contributed by atoms with van der Waals surface area (Å²) in [7, 11) is -4.73. The van der Waals surface area contributed by atoms with Crippen molar-refractivity contribution >= 4 is 33.3 Å². The van der Waals surface area contributed by atoms with Gasteiger partial charge in [-0.2, -0.15) is 18.3 Å². The molecular formula is C28H33F4N5O5S. The third-order valence-corrected chi connectivity index (χ3v) is 10.5. The van der Waals surface area contributed by atoms with Crippen LogP contribution in [0.5, 0.6) is 0 Å². The number of hydrogen-bond donors (Lipinski definition) is 2. The summed E-state index contributed by atoms with van der Waals surface area (Å²) in [6.07, 6.45) is -1.37. The highest BCUT2D eigenvalue weighted by atomic mass is 32.2. The number of sulfone groups is 1. The van der Waals surface area contributed by atoms with Gasteiger partial charge in [-0.05, 0) is 70.1 Å². The molecule has 15 heteroatoms. The first kappa shape index (κ1) is 31.0. The molecule has 0 radical (unpaired) electrons. The molecule has 0 spiro atoms. The van der Waals surface area contributed by atoms with Crippen LogP contribution in [0.3, 0.4) is 0 Å². The van der Waals surface area contributed by atoms with Crippen LogP contribution in [0.4, 0.5) is 23.4 Å². The first-order valence-electron chi connectivity index (χ1n) is 14.3. The molecule has 2 N–H and O–H groups in total. The summed E-state index contributed by atoms with van der Waals surface area (Å²) in [5, 5.41) is 8.22. The Morgan fingerprint density at radius 1 is 1.12 bits per heavy atom. The van der Waals surface area contributed by atoms with Gasteiger partial charge in [0, 0.05) is 18.7 Å². The zero-order valence-electron chi connectivity index (χ0n) is 23.7. The number of ketones is 1. The highest BCUT2D eigenvalue weighted by Crippen LogP contribution is 2.41. The molecule has 1 aromatic heterocycles. The zero-order chi connectivity index (χ0) is 31.3. The number of Topliss-reactive ketones (excluding diaryl/α,β-unsaturated/α-hetero) is 1. The number of nitrogens with zero attached hydrogens (tertiary/aromatic N) is 3. The maximum atomic E-state index is 13.8. The smallest absolute Gasteiger partial charge is 0.347 e. The average Bonchev–Trinajstić information content (AvgIpc) is 3.46. The molecule has 2 heterocycles. The third kappa shape index (κ3) is 6.27. The maximum Gasteiger partial charge on any atom is 0.417 e. The predicted molar refractivity (Wildman–Crippen MR) is 146 cm³/mol. The first-order valence-corrected chi connectivity index (χ1v) is 15.8. The van der Waals surface area contributed by atoms with E-state index in [0.717, 1.165) is 32.1 Å². The number of aryl methyl sites for hydroxylation is 1. The van der Waals surface area contributed by atoms with Crippen molar-refractivity contribution in [2.24, 2.45) is 0 Å². The molecule has 2 aliphatic carbocycles. The highest BCUT2D eigenvalue weighted by molar-refractivity contribution is 7.92. The van der Waals surface area contributed by atoms with Crippen LogP contribution in [0.2, 0.25) is 0 Å². The number of hydrogen-bond acceptors (Lipinski definition) is 7. The lowest BCUT2D eigenvalue weighted by Gasteiger charge is -2.32. The van der Waals surface area contributed by atoms with Crippen LogP contribution in [0.25, 0.3) is 0 Å². The fourth-order valence-electron chi connectivity index (χ4n) is 5.56. The van der Waals surface area contributed by atoms with E-state index in [9.17, 15) is 40.4 Å². The number of rotatable bonds is 10. The predicted octanol–water partition coefficient (Wildman–Crippen LogP) is 3.24. The van der Waals surface area contributed by atoms with Crippen molar-refractivity contribution in [3.63, 3.8) is 0 Å². The second-order valence-corrected chi connectivity index (χ2v) is 13.7. The van der Waals surface area contributed by atoms with Crippen LogP contribution in [-0.2, 0) is 30.4 Å². The fraction of sp³-hybridized carbons (Fsp3) is 0.571. The molecule has 1 aromatic carbocycles. The van der Waals surface area contributed by atoms with E-state index in [1.54, 1.807) is 24.6 Å². The van der Waals surface area contributed by atoms with Gasteiger partial charge < -0.3 is 15.5 Å². The normalized spacial score (nSPS) is 21.8. The van der Waals surface area contributed by atoms with E-state index >= 15 is 0 Å². The number of anilines is 1. The Bertz CT molecular complexity index is 1530. The van der Waals surface area contributed by atoms with Crippen molar-refractivity contribution in [1.29, 1.82) is 0 Å². The number of amides is 2. The molecule has 1 saturated heterocycles. The minimum Gasteiger partial charge on any atom is -0.347 e. The summed E-state index contributed by atoms with van der Waals surface area (Å²) in [5.41, 5.74) is -1.02. The van der Waals surface area contributed by atoms with Crippen LogP contribution in [-0.4, -0.2) is 65.7 Å². The Hall–Kier alpha value is -3.49. The van der Waals surface area contributed by atoms with E-state index in [1.165, 1.54) is 4.90 Å². The van der Waals surface area contributed by atoms with Crippen molar-refractivity contribution in [2.75, 3.05) is 11.4 Å². The van der Waals surface area contributed by atoms with Crippen molar-refractivity contribution in [2.45, 2.75) is 99.3 Å². The van der Waals surface area contributed by atoms with E-state index in [4.69, 9.17) is 0 Å². The lowest BCUT2D eigenvalue weighted by atomic mass is 9.93. The largest absolute Gasteiger partial charge is 0.417 e. The molecule has 5 rings (SSSR count). The second-order valence-electron chi connectivity index (χ2n) is 11.5. The number of nitrogens with one attached hydrogen (secondary N) is 2. The van der Waals surface area contributed by atoms with Gasteiger partial charge in [0.1, 0.15) is 17.7 Å². The molecule has 0 bridgehead atoms. The third-order valence-electron chi connectivity index (χ3n) is 8.29. The molecule has 3 atom stereocenters. The number of aromatic nitrogens is 2. The van der Waals surface area contributed by atoms with Crippen molar-refractivity contribution in [3.8, 4) is 0 Å². The summed E-state index contributed by atoms with van der Waals surface area (Å²) >= 11 is 0. The van der Waals surface area contributed by atoms with Crippen LogP contribution < -0.4 is 15.5 Å². The minimum absolute atomic E-state index is 0.00749. The van der Waals surface area contributed by atoms with E-state index in [2.05, 4.69) is 15.7 Å². The summed E-state index contributed by atoms with van der Waals surface area (Å²) < 4.78 is 84.4. The number of carbonyl (C=O) groups excluding carboxylic acids is 3. The SMILES string of the molecule is CC[C@H](NC(=O)[C@@H]1C[C@@H](S(=O)(=O)c2ccc(F)cc2C(F)(F)F)CN1c1cc(C)nn1C1CCC1)C(=O)C(=O)NC1CC1. The molecule has 2 saturated carbocycles. The molecule has 2 amide bonds. The number of alkyl halides is 3. The molecule has 3 fully saturated rings. The fourth-order valence-corrected chi connectivity index (χ4v) is 7.45. The van der Waals surface area contributed by atoms with Gasteiger partial charge in [0.25, 0.3) is 5.91 Å². The van der Waals surface area contributed by atoms with Crippen molar-refractivity contribution in [1.82, 2.24) is 20.4 Å². The molecular weight excluding hydrogens is 594 g/mol. The molecule has 0 unspecified atom stereocenters. The van der Waals surface area contributed by atoms with E-state index in [1.807, 2.05) is 0 Å². The van der Waals surface area contributed by atoms with Gasteiger partial charge >= 0.3 is 6.18 Å². The standard InChI is InChI=1S/C28H33F4N5O5S/c1-3-21(25(38)27(40)33-17-8-9-17)34-26(39)22-13-19(14-36(22)24-11-15(2)35-37(24)18-5-4-6-18)43(41,42)23-10-7-16(29)12-20(23)28(30,31)32/h7,10-12,17-19,21-22H,3-6,8-9,13-14H2,1-2H3,(H,33,40)(H,34,39)/t19-,21+,22+/m1/s1.